The van der Waals surface area contributed by atoms with E-state index in [0.717, 1.165) is 11.3 Å². The van der Waals surface area contributed by atoms with E-state index in [1.54, 1.807) is 41.3 Å². The molecule has 1 aromatic carbocycles. The summed E-state index contributed by atoms with van der Waals surface area (Å²) in [6.07, 6.45) is 0.294. The number of halogens is 1. The lowest BCUT2D eigenvalue weighted by atomic mass is 10.1. The molecule has 0 spiro atoms. The Labute approximate surface area is 161 Å². The number of benzene rings is 1. The maximum atomic E-state index is 12.7. The molecule has 1 aliphatic rings. The number of rotatable bonds is 3. The molecular formula is C18H18ClNO4S2. The quantitative estimate of drug-likeness (QED) is 0.723. The molecule has 2 aromatic rings. The summed E-state index contributed by atoms with van der Waals surface area (Å²) >= 11 is 7.33. The summed E-state index contributed by atoms with van der Waals surface area (Å²) in [7, 11) is -3.42. The van der Waals surface area contributed by atoms with Crippen LogP contribution in [0.1, 0.15) is 43.5 Å². The fourth-order valence-electron chi connectivity index (χ4n) is 3.03. The van der Waals surface area contributed by atoms with Crippen LogP contribution in [0.25, 0.3) is 0 Å². The molecule has 5 nitrogen and oxygen atoms in total. The third-order valence-corrected chi connectivity index (χ3v) is 8.07. The molecule has 0 bridgehead atoms. The van der Waals surface area contributed by atoms with Gasteiger partial charge in [0.05, 0.1) is 20.8 Å². The molecule has 0 radical (unpaired) electrons. The molecule has 3 rings (SSSR count). The van der Waals surface area contributed by atoms with Gasteiger partial charge in [0.15, 0.2) is 15.6 Å². The first-order valence-corrected chi connectivity index (χ1v) is 11.1. The van der Waals surface area contributed by atoms with Crippen LogP contribution >= 0.6 is 22.9 Å². The minimum absolute atomic E-state index is 0.0914. The van der Waals surface area contributed by atoms with Crippen LogP contribution < -0.4 is 0 Å². The highest BCUT2D eigenvalue weighted by Gasteiger charge is 2.34. The topological polar surface area (TPSA) is 71.5 Å². The van der Waals surface area contributed by atoms with Gasteiger partial charge < -0.3 is 4.90 Å². The van der Waals surface area contributed by atoms with E-state index >= 15 is 0 Å². The zero-order valence-electron chi connectivity index (χ0n) is 14.1. The molecule has 1 amide bonds. The average molecular weight is 412 g/mol. The molecule has 1 fully saturated rings. The van der Waals surface area contributed by atoms with Crippen molar-refractivity contribution in [2.45, 2.75) is 18.6 Å². The van der Waals surface area contributed by atoms with Crippen molar-refractivity contribution in [1.82, 2.24) is 4.90 Å². The summed E-state index contributed by atoms with van der Waals surface area (Å²) in [5.74, 6) is -0.441. The van der Waals surface area contributed by atoms with Gasteiger partial charge in [0.2, 0.25) is 0 Å². The highest BCUT2D eigenvalue weighted by atomic mass is 35.5. The van der Waals surface area contributed by atoms with Crippen LogP contribution in [-0.4, -0.2) is 43.9 Å². The predicted molar refractivity (Wildman–Crippen MR) is 103 cm³/mol. The van der Waals surface area contributed by atoms with Crippen LogP contribution in [0.3, 0.4) is 0 Å². The van der Waals surface area contributed by atoms with E-state index in [2.05, 4.69) is 0 Å². The molecule has 138 valence electrons. The van der Waals surface area contributed by atoms with Gasteiger partial charge in [-0.2, -0.15) is 0 Å². The molecule has 0 aliphatic carbocycles. The lowest BCUT2D eigenvalue weighted by molar-refractivity contribution is 0.0771. The summed E-state index contributed by atoms with van der Waals surface area (Å²) in [5, 5.41) is -0.296. The van der Waals surface area contributed by atoms with E-state index in [-0.39, 0.29) is 24.0 Å². The first-order valence-electron chi connectivity index (χ1n) is 8.15. The highest BCUT2D eigenvalue weighted by Crippen LogP contribution is 2.34. The largest absolute Gasteiger partial charge is 0.337 e. The first-order chi connectivity index (χ1) is 12.3. The minimum Gasteiger partial charge on any atom is -0.337 e. The number of carbonyl (C=O) groups is 2. The van der Waals surface area contributed by atoms with E-state index < -0.39 is 15.1 Å². The molecule has 1 aliphatic heterocycles. The third kappa shape index (κ3) is 3.84. The summed E-state index contributed by atoms with van der Waals surface area (Å²) in [4.78, 5) is 26.6. The smallest absolute Gasteiger partial charge is 0.263 e. The minimum atomic E-state index is -3.42. The highest BCUT2D eigenvalue weighted by molar-refractivity contribution is 7.91. The Hall–Kier alpha value is -1.70. The summed E-state index contributed by atoms with van der Waals surface area (Å²) in [5.41, 5.74) is 0.582. The second-order valence-corrected chi connectivity index (χ2v) is 9.97. The summed E-state index contributed by atoms with van der Waals surface area (Å²) in [6, 6.07) is 10.2. The Morgan fingerprint density at radius 1 is 1.12 bits per heavy atom. The van der Waals surface area contributed by atoms with Crippen molar-refractivity contribution >= 4 is 44.5 Å². The van der Waals surface area contributed by atoms with Gasteiger partial charge in [0.1, 0.15) is 0 Å². The van der Waals surface area contributed by atoms with Gasteiger partial charge in [-0.05, 0) is 37.1 Å². The van der Waals surface area contributed by atoms with Crippen molar-refractivity contribution in [3.05, 3.63) is 56.7 Å². The Morgan fingerprint density at radius 3 is 2.46 bits per heavy atom. The van der Waals surface area contributed by atoms with E-state index in [4.69, 9.17) is 11.6 Å². The van der Waals surface area contributed by atoms with Crippen LogP contribution in [0.2, 0.25) is 5.02 Å². The first kappa shape index (κ1) is 19.1. The normalized spacial score (nSPS) is 19.8. The maximum Gasteiger partial charge on any atom is 0.263 e. The second-order valence-electron chi connectivity index (χ2n) is 6.18. The number of carbonyl (C=O) groups excluding carboxylic acids is 2. The SMILES string of the molecule is CC(=O)c1ccc(C(=O)N2CCC(c3ccccc3Cl)S(=O)(=O)CC2)s1. The van der Waals surface area contributed by atoms with E-state index in [1.807, 2.05) is 0 Å². The lowest BCUT2D eigenvalue weighted by Crippen LogP contribution is -2.33. The molecule has 1 aromatic heterocycles. The average Bonchev–Trinajstić information content (AvgIpc) is 3.03. The monoisotopic (exact) mass is 411 g/mol. The molecular weight excluding hydrogens is 394 g/mol. The Morgan fingerprint density at radius 2 is 1.81 bits per heavy atom. The third-order valence-electron chi connectivity index (χ3n) is 4.44. The van der Waals surface area contributed by atoms with Crippen LogP contribution in [0, 0.1) is 0 Å². The number of thiophene rings is 1. The van der Waals surface area contributed by atoms with E-state index in [0.29, 0.717) is 33.3 Å². The molecule has 0 saturated carbocycles. The molecule has 0 N–H and O–H groups in total. The molecule has 2 heterocycles. The number of hydrogen-bond donors (Lipinski definition) is 0. The van der Waals surface area contributed by atoms with Gasteiger partial charge in [0, 0.05) is 18.1 Å². The van der Waals surface area contributed by atoms with Crippen molar-refractivity contribution in [3.8, 4) is 0 Å². The molecule has 26 heavy (non-hydrogen) atoms. The van der Waals surface area contributed by atoms with Crippen molar-refractivity contribution in [1.29, 1.82) is 0 Å². The molecule has 1 atom stereocenters. The van der Waals surface area contributed by atoms with Gasteiger partial charge in [-0.3, -0.25) is 9.59 Å². The second kappa shape index (κ2) is 7.50. The van der Waals surface area contributed by atoms with Crippen LogP contribution in [0.5, 0.6) is 0 Å². The van der Waals surface area contributed by atoms with Crippen molar-refractivity contribution in [2.24, 2.45) is 0 Å². The molecule has 1 saturated heterocycles. The van der Waals surface area contributed by atoms with Gasteiger partial charge in [-0.1, -0.05) is 29.8 Å². The number of ketones is 1. The van der Waals surface area contributed by atoms with Crippen LogP contribution in [0.15, 0.2) is 36.4 Å². The lowest BCUT2D eigenvalue weighted by Gasteiger charge is -2.19. The predicted octanol–water partition coefficient (Wildman–Crippen LogP) is 3.61. The standard InChI is InChI=1S/C18H18ClNO4S2/c1-12(21)15-6-7-16(25-15)18(22)20-9-8-17(26(23,24)11-10-20)13-4-2-3-5-14(13)19/h2-7,17H,8-11H2,1H3. The molecule has 1 unspecified atom stereocenters. The Kier molecular flexibility index (Phi) is 5.50. The number of hydrogen-bond acceptors (Lipinski definition) is 5. The van der Waals surface area contributed by atoms with Gasteiger partial charge >= 0.3 is 0 Å². The van der Waals surface area contributed by atoms with Crippen LogP contribution in [-0.2, 0) is 9.84 Å². The Bertz CT molecular complexity index is 952. The fourth-order valence-corrected chi connectivity index (χ4v) is 6.05. The number of nitrogens with zero attached hydrogens (tertiary/aromatic N) is 1. The summed E-state index contributed by atoms with van der Waals surface area (Å²) < 4.78 is 25.4. The number of Topliss-reactive ketones (excluding diaryl/α,β-unsaturated/α-hetero) is 1. The van der Waals surface area contributed by atoms with E-state index in [1.165, 1.54) is 6.92 Å². The van der Waals surface area contributed by atoms with E-state index in [9.17, 15) is 18.0 Å². The number of amides is 1. The zero-order chi connectivity index (χ0) is 18.9. The Balaban J connectivity index is 1.83. The van der Waals surface area contributed by atoms with Gasteiger partial charge in [0.25, 0.3) is 5.91 Å². The maximum absolute atomic E-state index is 12.7. The fraction of sp³-hybridized carbons (Fsp3) is 0.333. The van der Waals surface area contributed by atoms with Gasteiger partial charge in [-0.25, -0.2) is 8.42 Å². The summed E-state index contributed by atoms with van der Waals surface area (Å²) in [6.45, 7) is 1.91. The number of sulfone groups is 1. The van der Waals surface area contributed by atoms with Crippen molar-refractivity contribution in [2.75, 3.05) is 18.8 Å². The van der Waals surface area contributed by atoms with Crippen LogP contribution in [0.4, 0.5) is 0 Å². The van der Waals surface area contributed by atoms with Gasteiger partial charge in [-0.15, -0.1) is 11.3 Å². The van der Waals surface area contributed by atoms with Crippen molar-refractivity contribution in [3.63, 3.8) is 0 Å². The van der Waals surface area contributed by atoms with Crippen molar-refractivity contribution < 1.29 is 18.0 Å². The molecule has 8 heteroatoms. The zero-order valence-corrected chi connectivity index (χ0v) is 16.5.